The highest BCUT2D eigenvalue weighted by molar-refractivity contribution is 5.95. The van der Waals surface area contributed by atoms with Crippen LogP contribution in [0.1, 0.15) is 48.6 Å². The van der Waals surface area contributed by atoms with Crippen LogP contribution in [0.15, 0.2) is 30.5 Å². The van der Waals surface area contributed by atoms with Crippen molar-refractivity contribution in [3.05, 3.63) is 47.8 Å². The Morgan fingerprint density at radius 1 is 1.11 bits per heavy atom. The van der Waals surface area contributed by atoms with E-state index >= 15 is 0 Å². The van der Waals surface area contributed by atoms with Crippen LogP contribution in [0.4, 0.5) is 8.78 Å². The summed E-state index contributed by atoms with van der Waals surface area (Å²) in [4.78, 5) is 26.9. The first-order chi connectivity index (χ1) is 13.5. The number of aromatic nitrogens is 1. The summed E-state index contributed by atoms with van der Waals surface area (Å²) in [6.07, 6.45) is 6.25. The van der Waals surface area contributed by atoms with E-state index in [0.29, 0.717) is 17.8 Å². The van der Waals surface area contributed by atoms with Crippen LogP contribution >= 0.6 is 0 Å². The van der Waals surface area contributed by atoms with E-state index in [4.69, 9.17) is 0 Å². The fraction of sp³-hybridized carbons (Fsp3) is 0.429. The van der Waals surface area contributed by atoms with E-state index in [2.05, 4.69) is 5.32 Å². The van der Waals surface area contributed by atoms with Crippen molar-refractivity contribution in [1.82, 2.24) is 14.8 Å². The molecule has 1 aromatic heterocycles. The van der Waals surface area contributed by atoms with Crippen molar-refractivity contribution in [3.63, 3.8) is 0 Å². The number of likely N-dealkylation sites (tertiary alicyclic amines) is 1. The molecule has 148 valence electrons. The molecule has 1 aromatic carbocycles. The van der Waals surface area contributed by atoms with Crippen molar-refractivity contribution in [2.75, 3.05) is 19.6 Å². The van der Waals surface area contributed by atoms with Crippen LogP contribution in [-0.2, 0) is 4.79 Å². The Hall–Kier alpha value is -2.70. The van der Waals surface area contributed by atoms with Crippen molar-refractivity contribution >= 4 is 11.8 Å². The van der Waals surface area contributed by atoms with Gasteiger partial charge in [0.2, 0.25) is 5.91 Å². The van der Waals surface area contributed by atoms with Crippen molar-refractivity contribution in [2.24, 2.45) is 0 Å². The van der Waals surface area contributed by atoms with E-state index in [0.717, 1.165) is 57.0 Å². The second-order valence-electron chi connectivity index (χ2n) is 7.51. The standard InChI is InChI=1S/C21H23F2N3O2/c22-15-5-6-18(23)17(10-15)14-9-19-21(28)24-12-16(26(19)13-14)11-20(27)25-7-3-1-2-4-8-25/h5-6,9-10,13,16H,1-4,7-8,11-12H2,(H,24,28). The molecule has 1 fully saturated rings. The zero-order valence-electron chi connectivity index (χ0n) is 15.6. The van der Waals surface area contributed by atoms with Gasteiger partial charge >= 0.3 is 0 Å². The smallest absolute Gasteiger partial charge is 0.268 e. The van der Waals surface area contributed by atoms with Gasteiger partial charge in [-0.25, -0.2) is 8.78 Å². The van der Waals surface area contributed by atoms with Crippen LogP contribution in [0.5, 0.6) is 0 Å². The lowest BCUT2D eigenvalue weighted by Gasteiger charge is -2.28. The zero-order valence-corrected chi connectivity index (χ0v) is 15.6. The van der Waals surface area contributed by atoms with Crippen molar-refractivity contribution in [1.29, 1.82) is 0 Å². The third-order valence-corrected chi connectivity index (χ3v) is 5.58. The summed E-state index contributed by atoms with van der Waals surface area (Å²) in [6.45, 7) is 1.89. The molecule has 2 aliphatic rings. The van der Waals surface area contributed by atoms with Gasteiger partial charge in [-0.1, -0.05) is 12.8 Å². The minimum Gasteiger partial charge on any atom is -0.349 e. The van der Waals surface area contributed by atoms with E-state index in [1.165, 1.54) is 0 Å². The van der Waals surface area contributed by atoms with E-state index in [1.54, 1.807) is 16.8 Å². The van der Waals surface area contributed by atoms with Gasteiger partial charge in [0.05, 0.1) is 6.04 Å². The highest BCUT2D eigenvalue weighted by atomic mass is 19.1. The van der Waals surface area contributed by atoms with E-state index < -0.39 is 11.6 Å². The molecule has 0 spiro atoms. The quantitative estimate of drug-likeness (QED) is 0.876. The summed E-state index contributed by atoms with van der Waals surface area (Å²) in [7, 11) is 0. The summed E-state index contributed by atoms with van der Waals surface area (Å²) in [5, 5.41) is 2.80. The van der Waals surface area contributed by atoms with Gasteiger partial charge in [-0.15, -0.1) is 0 Å². The number of nitrogens with zero attached hydrogens (tertiary/aromatic N) is 2. The van der Waals surface area contributed by atoms with Gasteiger partial charge in [0.1, 0.15) is 17.3 Å². The SMILES string of the molecule is O=C1NCC(CC(=O)N2CCCCCC2)n2cc(-c3cc(F)ccc3F)cc21. The topological polar surface area (TPSA) is 54.3 Å². The largest absolute Gasteiger partial charge is 0.349 e. The molecule has 0 radical (unpaired) electrons. The van der Waals surface area contributed by atoms with Crippen LogP contribution in [0, 0.1) is 11.6 Å². The van der Waals surface area contributed by atoms with Crippen molar-refractivity contribution < 1.29 is 18.4 Å². The summed E-state index contributed by atoms with van der Waals surface area (Å²) in [5.74, 6) is -1.30. The Kier molecular flexibility index (Phi) is 5.15. The van der Waals surface area contributed by atoms with Gasteiger partial charge in [0.25, 0.3) is 5.91 Å². The molecule has 0 saturated carbocycles. The second kappa shape index (κ2) is 7.73. The number of nitrogens with one attached hydrogen (secondary N) is 1. The Balaban J connectivity index is 1.60. The van der Waals surface area contributed by atoms with Crippen LogP contribution < -0.4 is 5.32 Å². The molecule has 1 atom stereocenters. The Morgan fingerprint density at radius 3 is 2.61 bits per heavy atom. The minimum atomic E-state index is -0.554. The third-order valence-electron chi connectivity index (χ3n) is 5.58. The molecule has 3 heterocycles. The molecule has 1 N–H and O–H groups in total. The fourth-order valence-corrected chi connectivity index (χ4v) is 4.05. The van der Waals surface area contributed by atoms with Crippen LogP contribution in [0.25, 0.3) is 11.1 Å². The Bertz CT molecular complexity index is 901. The van der Waals surface area contributed by atoms with Gasteiger partial charge in [0.15, 0.2) is 0 Å². The lowest BCUT2D eigenvalue weighted by Crippen LogP contribution is -2.41. The van der Waals surface area contributed by atoms with Gasteiger partial charge < -0.3 is 14.8 Å². The van der Waals surface area contributed by atoms with E-state index in [-0.39, 0.29) is 29.8 Å². The molecule has 2 aromatic rings. The molecule has 5 nitrogen and oxygen atoms in total. The Morgan fingerprint density at radius 2 is 1.86 bits per heavy atom. The van der Waals surface area contributed by atoms with Crippen molar-refractivity contribution in [2.45, 2.75) is 38.1 Å². The van der Waals surface area contributed by atoms with E-state index in [1.807, 2.05) is 4.90 Å². The maximum absolute atomic E-state index is 14.2. The van der Waals surface area contributed by atoms with Gasteiger partial charge in [0, 0.05) is 43.4 Å². The first-order valence-electron chi connectivity index (χ1n) is 9.76. The molecule has 7 heteroatoms. The summed E-state index contributed by atoms with van der Waals surface area (Å²) >= 11 is 0. The molecule has 28 heavy (non-hydrogen) atoms. The number of halogens is 2. The maximum atomic E-state index is 14.2. The summed E-state index contributed by atoms with van der Waals surface area (Å²) in [5.41, 5.74) is 0.891. The molecule has 2 aliphatic heterocycles. The number of rotatable bonds is 3. The van der Waals surface area contributed by atoms with Gasteiger partial charge in [-0.2, -0.15) is 0 Å². The highest BCUT2D eigenvalue weighted by Crippen LogP contribution is 2.30. The molecular formula is C21H23F2N3O2. The van der Waals surface area contributed by atoms with E-state index in [9.17, 15) is 18.4 Å². The summed E-state index contributed by atoms with van der Waals surface area (Å²) in [6, 6.07) is 4.56. The number of hydrogen-bond donors (Lipinski definition) is 1. The molecule has 0 aliphatic carbocycles. The highest BCUT2D eigenvalue weighted by Gasteiger charge is 2.29. The molecule has 1 unspecified atom stereocenters. The monoisotopic (exact) mass is 387 g/mol. The number of hydrogen-bond acceptors (Lipinski definition) is 2. The van der Waals surface area contributed by atoms with Crippen molar-refractivity contribution in [3.8, 4) is 11.1 Å². The second-order valence-corrected chi connectivity index (χ2v) is 7.51. The maximum Gasteiger partial charge on any atom is 0.268 e. The summed E-state index contributed by atoms with van der Waals surface area (Å²) < 4.78 is 29.5. The fourth-order valence-electron chi connectivity index (χ4n) is 4.05. The third kappa shape index (κ3) is 3.66. The molecular weight excluding hydrogens is 364 g/mol. The first-order valence-corrected chi connectivity index (χ1v) is 9.76. The first kappa shape index (κ1) is 18.7. The number of amides is 2. The predicted molar refractivity (Wildman–Crippen MR) is 101 cm³/mol. The predicted octanol–water partition coefficient (Wildman–Crippen LogP) is 3.51. The molecule has 1 saturated heterocycles. The number of carbonyl (C=O) groups excluding carboxylic acids is 2. The van der Waals surface area contributed by atoms with Crippen LogP contribution in [0.3, 0.4) is 0 Å². The lowest BCUT2D eigenvalue weighted by molar-refractivity contribution is -0.132. The number of carbonyl (C=O) groups is 2. The molecule has 4 rings (SSSR count). The van der Waals surface area contributed by atoms with Gasteiger partial charge in [-0.05, 0) is 37.1 Å². The average molecular weight is 387 g/mol. The molecule has 2 amide bonds. The van der Waals surface area contributed by atoms with Crippen LogP contribution in [-0.4, -0.2) is 40.9 Å². The minimum absolute atomic E-state index is 0.0705. The Labute approximate surface area is 162 Å². The molecule has 0 bridgehead atoms. The normalized spacial score (nSPS) is 19.7. The lowest BCUT2D eigenvalue weighted by atomic mass is 10.1. The average Bonchev–Trinajstić information content (AvgIpc) is 2.95. The number of fused-ring (bicyclic) bond motifs is 1. The zero-order chi connectivity index (χ0) is 19.7. The number of benzene rings is 1. The van der Waals surface area contributed by atoms with Gasteiger partial charge in [-0.3, -0.25) is 9.59 Å². The van der Waals surface area contributed by atoms with Crippen LogP contribution in [0.2, 0.25) is 0 Å².